The summed E-state index contributed by atoms with van der Waals surface area (Å²) in [4.78, 5) is 0. The van der Waals surface area contributed by atoms with Crippen LogP contribution in [-0.4, -0.2) is 10.2 Å². The van der Waals surface area contributed by atoms with Crippen LogP contribution in [0.5, 0.6) is 0 Å². The van der Waals surface area contributed by atoms with Crippen molar-refractivity contribution >= 4 is 0 Å². The molecule has 1 aromatic rings. The van der Waals surface area contributed by atoms with E-state index in [9.17, 15) is 0 Å². The highest BCUT2D eigenvalue weighted by atomic mass is 15.1. The number of nitrogens with zero attached hydrogens (tertiary/aromatic N) is 1. The molecule has 0 bridgehead atoms. The lowest BCUT2D eigenvalue weighted by Crippen LogP contribution is -1.74. The van der Waals surface area contributed by atoms with Gasteiger partial charge in [0.2, 0.25) is 0 Å². The standard InChI is InChI=1S/C6H6N2/c1-3-6-5(2)4-7-8-6/h1,4H,2H3,(H,7,8). The smallest absolute Gasteiger partial charge is 0.110 e. The molecule has 1 rings (SSSR count). The lowest BCUT2D eigenvalue weighted by Gasteiger charge is -1.78. The van der Waals surface area contributed by atoms with Gasteiger partial charge in [-0.2, -0.15) is 5.10 Å². The molecular weight excluding hydrogens is 100 g/mol. The number of aromatic amines is 1. The Kier molecular flexibility index (Phi) is 1.05. The molecule has 0 aliphatic carbocycles. The molecule has 0 aromatic carbocycles. The van der Waals surface area contributed by atoms with Gasteiger partial charge in [-0.3, -0.25) is 5.10 Å². The van der Waals surface area contributed by atoms with E-state index in [0.29, 0.717) is 0 Å². The van der Waals surface area contributed by atoms with Crippen LogP contribution in [0.4, 0.5) is 0 Å². The molecule has 0 fully saturated rings. The zero-order valence-corrected chi connectivity index (χ0v) is 4.60. The van der Waals surface area contributed by atoms with Gasteiger partial charge in [-0.05, 0) is 6.92 Å². The van der Waals surface area contributed by atoms with Gasteiger partial charge in [-0.15, -0.1) is 6.42 Å². The second-order valence-electron chi connectivity index (χ2n) is 1.57. The summed E-state index contributed by atoms with van der Waals surface area (Å²) in [5.41, 5.74) is 1.79. The van der Waals surface area contributed by atoms with Crippen molar-refractivity contribution in [3.63, 3.8) is 0 Å². The first kappa shape index (κ1) is 4.92. The van der Waals surface area contributed by atoms with Crippen molar-refractivity contribution in [2.45, 2.75) is 6.92 Å². The quantitative estimate of drug-likeness (QED) is 0.484. The molecule has 0 spiro atoms. The molecular formula is C6H6N2. The van der Waals surface area contributed by atoms with Crippen molar-refractivity contribution < 1.29 is 0 Å². The summed E-state index contributed by atoms with van der Waals surface area (Å²) < 4.78 is 0. The Morgan fingerprint density at radius 2 is 2.62 bits per heavy atom. The maximum absolute atomic E-state index is 5.07. The zero-order valence-electron chi connectivity index (χ0n) is 4.60. The molecule has 0 unspecified atom stereocenters. The van der Waals surface area contributed by atoms with E-state index in [1.807, 2.05) is 6.92 Å². The molecule has 0 radical (unpaired) electrons. The van der Waals surface area contributed by atoms with Crippen molar-refractivity contribution in [1.29, 1.82) is 0 Å². The highest BCUT2D eigenvalue weighted by Crippen LogP contribution is 1.97. The Morgan fingerprint density at radius 3 is 2.88 bits per heavy atom. The zero-order chi connectivity index (χ0) is 5.98. The fraction of sp³-hybridized carbons (Fsp3) is 0.167. The number of hydrogen-bond acceptors (Lipinski definition) is 1. The molecule has 2 nitrogen and oxygen atoms in total. The third kappa shape index (κ3) is 0.584. The average molecular weight is 106 g/mol. The normalized spacial score (nSPS) is 8.50. The molecule has 1 N–H and O–H groups in total. The lowest BCUT2D eigenvalue weighted by molar-refractivity contribution is 1.08. The molecule has 2 heteroatoms. The minimum absolute atomic E-state index is 0.769. The minimum Gasteiger partial charge on any atom is -0.270 e. The van der Waals surface area contributed by atoms with Crippen LogP contribution in [0.3, 0.4) is 0 Å². The predicted molar refractivity (Wildman–Crippen MR) is 31.3 cm³/mol. The van der Waals surface area contributed by atoms with E-state index in [1.165, 1.54) is 0 Å². The van der Waals surface area contributed by atoms with Gasteiger partial charge in [-0.25, -0.2) is 0 Å². The van der Waals surface area contributed by atoms with Gasteiger partial charge in [0.05, 0.1) is 6.20 Å². The van der Waals surface area contributed by atoms with Crippen LogP contribution in [0.2, 0.25) is 0 Å². The van der Waals surface area contributed by atoms with Crippen LogP contribution in [0.1, 0.15) is 11.3 Å². The molecule has 0 amide bonds. The highest BCUT2D eigenvalue weighted by Gasteiger charge is 1.91. The summed E-state index contributed by atoms with van der Waals surface area (Å²) in [5.74, 6) is 2.46. The van der Waals surface area contributed by atoms with E-state index in [2.05, 4.69) is 16.1 Å². The molecule has 1 heterocycles. The van der Waals surface area contributed by atoms with Crippen molar-refractivity contribution in [2.24, 2.45) is 0 Å². The molecule has 0 atom stereocenters. The van der Waals surface area contributed by atoms with Gasteiger partial charge >= 0.3 is 0 Å². The van der Waals surface area contributed by atoms with Crippen LogP contribution in [0.25, 0.3) is 0 Å². The summed E-state index contributed by atoms with van der Waals surface area (Å²) in [6.45, 7) is 1.92. The van der Waals surface area contributed by atoms with Gasteiger partial charge in [0.15, 0.2) is 0 Å². The maximum atomic E-state index is 5.07. The third-order valence-electron chi connectivity index (χ3n) is 0.973. The second-order valence-corrected chi connectivity index (χ2v) is 1.57. The Labute approximate surface area is 47.9 Å². The summed E-state index contributed by atoms with van der Waals surface area (Å²) >= 11 is 0. The molecule has 0 saturated heterocycles. The number of aromatic nitrogens is 2. The first-order valence-corrected chi connectivity index (χ1v) is 2.31. The van der Waals surface area contributed by atoms with Crippen LogP contribution in [-0.2, 0) is 0 Å². The van der Waals surface area contributed by atoms with E-state index in [-0.39, 0.29) is 0 Å². The minimum atomic E-state index is 0.769. The fourth-order valence-electron chi connectivity index (χ4n) is 0.492. The number of nitrogens with one attached hydrogen (secondary N) is 1. The van der Waals surface area contributed by atoms with Crippen LogP contribution >= 0.6 is 0 Å². The molecule has 8 heavy (non-hydrogen) atoms. The lowest BCUT2D eigenvalue weighted by atomic mass is 10.3. The average Bonchev–Trinajstić information content (AvgIpc) is 2.14. The van der Waals surface area contributed by atoms with E-state index >= 15 is 0 Å². The first-order valence-electron chi connectivity index (χ1n) is 2.31. The Balaban J connectivity index is 3.15. The molecule has 0 aliphatic rings. The van der Waals surface area contributed by atoms with E-state index in [0.717, 1.165) is 11.3 Å². The predicted octanol–water partition coefficient (Wildman–Crippen LogP) is 0.699. The molecule has 0 saturated carbocycles. The van der Waals surface area contributed by atoms with Gasteiger partial charge in [0.25, 0.3) is 0 Å². The Morgan fingerprint density at radius 1 is 1.88 bits per heavy atom. The van der Waals surface area contributed by atoms with Gasteiger partial charge in [0, 0.05) is 5.56 Å². The van der Waals surface area contributed by atoms with E-state index in [4.69, 9.17) is 6.42 Å². The number of aryl methyl sites for hydroxylation is 1. The second kappa shape index (κ2) is 1.71. The fourth-order valence-corrected chi connectivity index (χ4v) is 0.492. The van der Waals surface area contributed by atoms with E-state index < -0.39 is 0 Å². The summed E-state index contributed by atoms with van der Waals surface area (Å²) in [7, 11) is 0. The van der Waals surface area contributed by atoms with Crippen LogP contribution in [0.15, 0.2) is 6.20 Å². The van der Waals surface area contributed by atoms with Crippen molar-refractivity contribution in [2.75, 3.05) is 0 Å². The van der Waals surface area contributed by atoms with Crippen molar-refractivity contribution in [1.82, 2.24) is 10.2 Å². The van der Waals surface area contributed by atoms with Gasteiger partial charge in [0.1, 0.15) is 5.69 Å². The Hall–Kier alpha value is -1.23. The topological polar surface area (TPSA) is 28.7 Å². The highest BCUT2D eigenvalue weighted by molar-refractivity contribution is 5.29. The largest absolute Gasteiger partial charge is 0.270 e. The summed E-state index contributed by atoms with van der Waals surface area (Å²) in [6.07, 6.45) is 6.78. The molecule has 1 aromatic heterocycles. The number of rotatable bonds is 0. The molecule has 0 aliphatic heterocycles. The monoisotopic (exact) mass is 106 g/mol. The third-order valence-corrected chi connectivity index (χ3v) is 0.973. The van der Waals surface area contributed by atoms with Crippen molar-refractivity contribution in [3.05, 3.63) is 17.5 Å². The number of terminal acetylenes is 1. The van der Waals surface area contributed by atoms with Crippen LogP contribution in [0, 0.1) is 19.3 Å². The number of H-pyrrole nitrogens is 1. The van der Waals surface area contributed by atoms with Crippen LogP contribution < -0.4 is 0 Å². The van der Waals surface area contributed by atoms with E-state index in [1.54, 1.807) is 6.20 Å². The van der Waals surface area contributed by atoms with Crippen molar-refractivity contribution in [3.8, 4) is 12.3 Å². The summed E-state index contributed by atoms with van der Waals surface area (Å²) in [5, 5.41) is 6.39. The number of hydrogen-bond donors (Lipinski definition) is 1. The van der Waals surface area contributed by atoms with Gasteiger partial charge in [-0.1, -0.05) is 5.92 Å². The summed E-state index contributed by atoms with van der Waals surface area (Å²) in [6, 6.07) is 0. The van der Waals surface area contributed by atoms with Gasteiger partial charge < -0.3 is 0 Å². The maximum Gasteiger partial charge on any atom is 0.110 e. The SMILES string of the molecule is C#Cc1[nH]ncc1C. The molecule has 40 valence electrons. The Bertz CT molecular complexity index is 217. The first-order chi connectivity index (χ1) is 3.84.